The van der Waals surface area contributed by atoms with Crippen molar-refractivity contribution >= 4 is 27.5 Å². The molecule has 0 saturated carbocycles. The van der Waals surface area contributed by atoms with Crippen molar-refractivity contribution in [1.82, 2.24) is 4.57 Å². The van der Waals surface area contributed by atoms with Gasteiger partial charge in [0.25, 0.3) is 10.0 Å². The fourth-order valence-corrected chi connectivity index (χ4v) is 5.57. The number of para-hydroxylation sites is 1. The number of sulfonamides is 1. The van der Waals surface area contributed by atoms with E-state index in [-0.39, 0.29) is 16.2 Å². The van der Waals surface area contributed by atoms with Gasteiger partial charge in [0.2, 0.25) is 5.78 Å². The van der Waals surface area contributed by atoms with E-state index >= 15 is 0 Å². The molecule has 7 nitrogen and oxygen atoms in total. The fraction of sp³-hybridized carbons (Fsp3) is 0.200. The first-order chi connectivity index (χ1) is 18.2. The molecule has 4 rings (SSSR count). The van der Waals surface area contributed by atoms with Crippen molar-refractivity contribution in [2.75, 3.05) is 18.0 Å². The Morgan fingerprint density at radius 3 is 2.21 bits per heavy atom. The van der Waals surface area contributed by atoms with Gasteiger partial charge in [-0.1, -0.05) is 54.6 Å². The van der Waals surface area contributed by atoms with Gasteiger partial charge in [-0.15, -0.1) is 0 Å². The van der Waals surface area contributed by atoms with Gasteiger partial charge in [-0.2, -0.15) is 0 Å². The van der Waals surface area contributed by atoms with E-state index in [0.29, 0.717) is 11.3 Å². The Morgan fingerprint density at radius 1 is 0.868 bits per heavy atom. The zero-order valence-corrected chi connectivity index (χ0v) is 22.4. The predicted octanol–water partition coefficient (Wildman–Crippen LogP) is 5.21. The number of nitrogens with zero attached hydrogens (tertiary/aromatic N) is 2. The topological polar surface area (TPSA) is 85.7 Å². The van der Waals surface area contributed by atoms with Crippen molar-refractivity contribution < 1.29 is 22.7 Å². The minimum atomic E-state index is -3.90. The third kappa shape index (κ3) is 5.86. The summed E-state index contributed by atoms with van der Waals surface area (Å²) in [7, 11) is -2.45. The molecule has 3 aromatic carbocycles. The van der Waals surface area contributed by atoms with Crippen LogP contribution in [0.1, 0.15) is 37.7 Å². The Hall–Kier alpha value is -4.17. The number of rotatable bonds is 10. The van der Waals surface area contributed by atoms with Gasteiger partial charge in [0.05, 0.1) is 16.1 Å². The minimum Gasteiger partial charge on any atom is -0.454 e. The Labute approximate surface area is 223 Å². The van der Waals surface area contributed by atoms with Crippen LogP contribution in [-0.2, 0) is 27.7 Å². The Morgan fingerprint density at radius 2 is 1.53 bits per heavy atom. The molecule has 0 atom stereocenters. The fourth-order valence-electron chi connectivity index (χ4n) is 4.32. The summed E-state index contributed by atoms with van der Waals surface area (Å²) >= 11 is 0. The molecule has 38 heavy (non-hydrogen) atoms. The average Bonchev–Trinajstić information content (AvgIpc) is 3.23. The first kappa shape index (κ1) is 26.9. The van der Waals surface area contributed by atoms with Gasteiger partial charge in [-0.25, -0.2) is 13.2 Å². The molecule has 196 valence electrons. The van der Waals surface area contributed by atoms with Gasteiger partial charge in [0.15, 0.2) is 6.61 Å². The first-order valence-electron chi connectivity index (χ1n) is 12.2. The van der Waals surface area contributed by atoms with Crippen LogP contribution >= 0.6 is 0 Å². The Bertz CT molecular complexity index is 1540. The second-order valence-electron chi connectivity index (χ2n) is 9.01. The second kappa shape index (κ2) is 11.5. The monoisotopic (exact) mass is 530 g/mol. The number of aromatic nitrogens is 1. The maximum Gasteiger partial charge on any atom is 0.338 e. The molecule has 0 aliphatic heterocycles. The largest absolute Gasteiger partial charge is 0.454 e. The third-order valence-electron chi connectivity index (χ3n) is 6.52. The van der Waals surface area contributed by atoms with Crippen LogP contribution in [0.2, 0.25) is 0 Å². The van der Waals surface area contributed by atoms with Crippen LogP contribution in [0.5, 0.6) is 0 Å². The first-order valence-corrected chi connectivity index (χ1v) is 13.7. The highest BCUT2D eigenvalue weighted by Crippen LogP contribution is 2.23. The quantitative estimate of drug-likeness (QED) is 0.208. The number of Topliss-reactive ketones (excluding diaryl/α,β-unsaturated/α-hetero) is 1. The number of ether oxygens (including phenoxy) is 1. The molecular weight excluding hydrogens is 500 g/mol. The van der Waals surface area contributed by atoms with E-state index in [4.69, 9.17) is 4.74 Å². The molecule has 0 N–H and O–H groups in total. The minimum absolute atomic E-state index is 0.0495. The molecule has 1 heterocycles. The molecule has 8 heteroatoms. The van der Waals surface area contributed by atoms with Crippen molar-refractivity contribution in [2.45, 2.75) is 31.7 Å². The molecule has 0 amide bonds. The van der Waals surface area contributed by atoms with E-state index in [1.165, 1.54) is 36.9 Å². The van der Waals surface area contributed by atoms with Crippen LogP contribution in [0, 0.1) is 13.8 Å². The van der Waals surface area contributed by atoms with Gasteiger partial charge in [-0.3, -0.25) is 9.10 Å². The summed E-state index contributed by atoms with van der Waals surface area (Å²) in [5, 5.41) is 0. The highest BCUT2D eigenvalue weighted by molar-refractivity contribution is 7.92. The molecule has 0 aliphatic rings. The normalized spacial score (nSPS) is 11.2. The van der Waals surface area contributed by atoms with Crippen LogP contribution in [-0.4, -0.2) is 38.4 Å². The number of benzene rings is 3. The standard InChI is InChI=1S/C30H30N2O5S/c1-22-19-28(23(2)32(22)18-17-24-11-6-4-7-12-24)29(33)21-37-30(34)25-13-10-16-27(20-25)38(35,36)31(3)26-14-8-5-9-15-26/h4-16,19-20H,17-18,21H2,1-3H3. The number of carbonyl (C=O) groups excluding carboxylic acids is 2. The Balaban J connectivity index is 1.42. The van der Waals surface area contributed by atoms with Crippen molar-refractivity contribution in [3.63, 3.8) is 0 Å². The maximum atomic E-state index is 13.1. The zero-order valence-electron chi connectivity index (χ0n) is 21.6. The van der Waals surface area contributed by atoms with Crippen LogP contribution < -0.4 is 4.31 Å². The molecule has 0 aliphatic carbocycles. The van der Waals surface area contributed by atoms with E-state index in [2.05, 4.69) is 16.7 Å². The smallest absolute Gasteiger partial charge is 0.338 e. The summed E-state index contributed by atoms with van der Waals surface area (Å²) in [5.74, 6) is -1.08. The van der Waals surface area contributed by atoms with E-state index < -0.39 is 22.6 Å². The third-order valence-corrected chi connectivity index (χ3v) is 8.30. The number of hydrogen-bond acceptors (Lipinski definition) is 5. The van der Waals surface area contributed by atoms with Crippen molar-refractivity contribution in [1.29, 1.82) is 0 Å². The van der Waals surface area contributed by atoms with Crippen LogP contribution in [0.25, 0.3) is 0 Å². The zero-order chi connectivity index (χ0) is 27.3. The summed E-state index contributed by atoms with van der Waals surface area (Å²) in [6, 6.07) is 26.2. The van der Waals surface area contributed by atoms with Gasteiger partial charge in [0, 0.05) is 30.5 Å². The number of esters is 1. The lowest BCUT2D eigenvalue weighted by atomic mass is 10.1. The van der Waals surface area contributed by atoms with Crippen LogP contribution in [0.15, 0.2) is 95.9 Å². The lowest BCUT2D eigenvalue weighted by Gasteiger charge is -2.19. The summed E-state index contributed by atoms with van der Waals surface area (Å²) in [6.07, 6.45) is 0.832. The molecule has 0 saturated heterocycles. The van der Waals surface area contributed by atoms with Crippen molar-refractivity contribution in [3.05, 3.63) is 119 Å². The van der Waals surface area contributed by atoms with Crippen molar-refractivity contribution in [2.24, 2.45) is 0 Å². The molecular formula is C30H30N2O5S. The number of hydrogen-bond donors (Lipinski definition) is 0. The predicted molar refractivity (Wildman–Crippen MR) is 147 cm³/mol. The number of ketones is 1. The van der Waals surface area contributed by atoms with Crippen LogP contribution in [0.4, 0.5) is 5.69 Å². The molecule has 0 radical (unpaired) electrons. The Kier molecular flexibility index (Phi) is 8.12. The number of anilines is 1. The number of carbonyl (C=O) groups is 2. The van der Waals surface area contributed by atoms with Gasteiger partial charge in [0.1, 0.15) is 0 Å². The SMILES string of the molecule is Cc1cc(C(=O)COC(=O)c2cccc(S(=O)(=O)N(C)c3ccccc3)c2)c(C)n1CCc1ccccc1. The summed E-state index contributed by atoms with van der Waals surface area (Å²) < 4.78 is 34.7. The number of aryl methyl sites for hydroxylation is 2. The van der Waals surface area contributed by atoms with Gasteiger partial charge in [-0.05, 0) is 62.2 Å². The van der Waals surface area contributed by atoms with Crippen molar-refractivity contribution in [3.8, 4) is 0 Å². The molecule has 0 bridgehead atoms. The molecule has 0 unspecified atom stereocenters. The lowest BCUT2D eigenvalue weighted by molar-refractivity contribution is 0.0474. The van der Waals surface area contributed by atoms with Crippen LogP contribution in [0.3, 0.4) is 0 Å². The summed E-state index contributed by atoms with van der Waals surface area (Å²) in [5.41, 5.74) is 4.02. The summed E-state index contributed by atoms with van der Waals surface area (Å²) in [6.45, 7) is 4.11. The second-order valence-corrected chi connectivity index (χ2v) is 11.0. The van der Waals surface area contributed by atoms with E-state index in [0.717, 1.165) is 28.7 Å². The lowest BCUT2D eigenvalue weighted by Crippen LogP contribution is -2.26. The van der Waals surface area contributed by atoms with E-state index in [1.54, 1.807) is 30.3 Å². The maximum absolute atomic E-state index is 13.1. The highest BCUT2D eigenvalue weighted by Gasteiger charge is 2.23. The average molecular weight is 531 g/mol. The molecule has 0 fully saturated rings. The molecule has 0 spiro atoms. The summed E-state index contributed by atoms with van der Waals surface area (Å²) in [4.78, 5) is 25.6. The molecule has 1 aromatic heterocycles. The molecule has 4 aromatic rings. The van der Waals surface area contributed by atoms with Gasteiger partial charge < -0.3 is 9.30 Å². The van der Waals surface area contributed by atoms with E-state index in [9.17, 15) is 18.0 Å². The highest BCUT2D eigenvalue weighted by atomic mass is 32.2. The van der Waals surface area contributed by atoms with Gasteiger partial charge >= 0.3 is 5.97 Å². The van der Waals surface area contributed by atoms with E-state index in [1.807, 2.05) is 38.1 Å².